The van der Waals surface area contributed by atoms with Crippen molar-refractivity contribution in [1.29, 1.82) is 0 Å². The van der Waals surface area contributed by atoms with Crippen molar-refractivity contribution in [2.24, 2.45) is 0 Å². The van der Waals surface area contributed by atoms with E-state index >= 15 is 0 Å². The van der Waals surface area contributed by atoms with Crippen LogP contribution in [0.5, 0.6) is 17.2 Å². The van der Waals surface area contributed by atoms with Gasteiger partial charge in [0, 0.05) is 6.42 Å². The fourth-order valence-electron chi connectivity index (χ4n) is 3.07. The average molecular weight is 409 g/mol. The molecule has 0 N–H and O–H groups in total. The highest BCUT2D eigenvalue weighted by Gasteiger charge is 2.16. The molecule has 0 saturated heterocycles. The molecule has 0 fully saturated rings. The number of aromatic nitrogens is 3. The molecule has 4 rings (SSSR count). The normalized spacial score (nSPS) is 11.8. The first-order valence-corrected chi connectivity index (χ1v) is 9.68. The standard InChI is InChI=1S/C21H19N3O4S/c1-26-15-9-14(10-16(27-2)19(15)28-3)12-18-22-21-24(23-18)20(25)17(29-21)11-13-7-5-4-6-8-13/h4-11H,12H2,1-3H3/b17-11-. The highest BCUT2D eigenvalue weighted by atomic mass is 32.1. The van der Waals surface area contributed by atoms with E-state index in [1.807, 2.05) is 48.5 Å². The van der Waals surface area contributed by atoms with Crippen LogP contribution in [0.4, 0.5) is 0 Å². The van der Waals surface area contributed by atoms with Gasteiger partial charge in [-0.2, -0.15) is 4.52 Å². The number of hydrogen-bond donors (Lipinski definition) is 0. The van der Waals surface area contributed by atoms with Gasteiger partial charge in [0.25, 0.3) is 5.56 Å². The van der Waals surface area contributed by atoms with Crippen molar-refractivity contribution < 1.29 is 14.2 Å². The number of benzene rings is 2. The Hall–Kier alpha value is -3.39. The SMILES string of the molecule is COc1cc(Cc2nc3s/c(=C\c4ccccc4)c(=O)n3n2)cc(OC)c1OC. The molecule has 0 amide bonds. The van der Waals surface area contributed by atoms with Crippen LogP contribution in [0.2, 0.25) is 0 Å². The maximum atomic E-state index is 12.7. The Morgan fingerprint density at radius 3 is 2.31 bits per heavy atom. The van der Waals surface area contributed by atoms with Gasteiger partial charge in [0.15, 0.2) is 17.3 Å². The number of methoxy groups -OCH3 is 3. The quantitative estimate of drug-likeness (QED) is 0.487. The summed E-state index contributed by atoms with van der Waals surface area (Å²) in [5.74, 6) is 2.20. The largest absolute Gasteiger partial charge is 0.493 e. The van der Waals surface area contributed by atoms with Gasteiger partial charge in [0.05, 0.1) is 25.9 Å². The van der Waals surface area contributed by atoms with Gasteiger partial charge in [-0.15, -0.1) is 5.10 Å². The van der Waals surface area contributed by atoms with Gasteiger partial charge in [0.2, 0.25) is 10.7 Å². The van der Waals surface area contributed by atoms with E-state index in [2.05, 4.69) is 10.1 Å². The molecular weight excluding hydrogens is 390 g/mol. The summed E-state index contributed by atoms with van der Waals surface area (Å²) in [6, 6.07) is 13.4. The second kappa shape index (κ2) is 7.92. The fraction of sp³-hybridized carbons (Fsp3) is 0.190. The van der Waals surface area contributed by atoms with Crippen molar-refractivity contribution in [2.75, 3.05) is 21.3 Å². The lowest BCUT2D eigenvalue weighted by molar-refractivity contribution is 0.324. The molecule has 2 aromatic heterocycles. The fourth-order valence-corrected chi connectivity index (χ4v) is 4.00. The van der Waals surface area contributed by atoms with E-state index in [9.17, 15) is 4.79 Å². The Morgan fingerprint density at radius 1 is 1.03 bits per heavy atom. The van der Waals surface area contributed by atoms with Crippen molar-refractivity contribution >= 4 is 22.4 Å². The highest BCUT2D eigenvalue weighted by Crippen LogP contribution is 2.38. The van der Waals surface area contributed by atoms with Crippen LogP contribution >= 0.6 is 11.3 Å². The third-order valence-corrected chi connectivity index (χ3v) is 5.37. The van der Waals surface area contributed by atoms with Gasteiger partial charge in [-0.1, -0.05) is 41.7 Å². The minimum Gasteiger partial charge on any atom is -0.493 e. The maximum Gasteiger partial charge on any atom is 0.291 e. The Morgan fingerprint density at radius 2 is 1.72 bits per heavy atom. The molecule has 0 aliphatic heterocycles. The summed E-state index contributed by atoms with van der Waals surface area (Å²) < 4.78 is 18.1. The number of fused-ring (bicyclic) bond motifs is 1. The topological polar surface area (TPSA) is 75.0 Å². The molecule has 0 spiro atoms. The van der Waals surface area contributed by atoms with E-state index in [0.29, 0.717) is 39.0 Å². The van der Waals surface area contributed by atoms with Crippen molar-refractivity contribution in [3.63, 3.8) is 0 Å². The van der Waals surface area contributed by atoms with Gasteiger partial charge in [-0.05, 0) is 29.3 Å². The van der Waals surface area contributed by atoms with Gasteiger partial charge in [-0.3, -0.25) is 4.79 Å². The molecule has 2 heterocycles. The van der Waals surface area contributed by atoms with Gasteiger partial charge in [0.1, 0.15) is 0 Å². The zero-order valence-electron chi connectivity index (χ0n) is 16.2. The molecule has 0 saturated carbocycles. The molecule has 148 valence electrons. The average Bonchev–Trinajstić information content (AvgIpc) is 3.26. The molecule has 2 aromatic carbocycles. The third-order valence-electron chi connectivity index (χ3n) is 4.41. The summed E-state index contributed by atoms with van der Waals surface area (Å²) in [4.78, 5) is 17.8. The molecule has 4 aromatic rings. The lowest BCUT2D eigenvalue weighted by Gasteiger charge is -2.13. The number of ether oxygens (including phenoxy) is 3. The van der Waals surface area contributed by atoms with E-state index in [0.717, 1.165) is 11.1 Å². The van der Waals surface area contributed by atoms with Crippen molar-refractivity contribution in [1.82, 2.24) is 14.6 Å². The van der Waals surface area contributed by atoms with E-state index in [4.69, 9.17) is 14.2 Å². The highest BCUT2D eigenvalue weighted by molar-refractivity contribution is 7.15. The molecule has 7 nitrogen and oxygen atoms in total. The van der Waals surface area contributed by atoms with E-state index in [1.165, 1.54) is 15.9 Å². The summed E-state index contributed by atoms with van der Waals surface area (Å²) in [6.07, 6.45) is 2.28. The Labute approximate surface area is 170 Å². The zero-order valence-corrected chi connectivity index (χ0v) is 17.0. The summed E-state index contributed by atoms with van der Waals surface area (Å²) in [5.41, 5.74) is 1.69. The van der Waals surface area contributed by atoms with Crippen LogP contribution in [0.1, 0.15) is 17.0 Å². The van der Waals surface area contributed by atoms with Crippen LogP contribution in [-0.4, -0.2) is 35.9 Å². The van der Waals surface area contributed by atoms with Crippen LogP contribution in [0.15, 0.2) is 47.3 Å². The molecule has 0 bridgehead atoms. The van der Waals surface area contributed by atoms with E-state index in [-0.39, 0.29) is 5.56 Å². The second-order valence-electron chi connectivity index (χ2n) is 6.26. The summed E-state index contributed by atoms with van der Waals surface area (Å²) in [5, 5.41) is 4.39. The van der Waals surface area contributed by atoms with Crippen LogP contribution in [0.25, 0.3) is 11.0 Å². The zero-order chi connectivity index (χ0) is 20.4. The smallest absolute Gasteiger partial charge is 0.291 e. The van der Waals surface area contributed by atoms with Gasteiger partial charge in [-0.25, -0.2) is 4.98 Å². The lowest BCUT2D eigenvalue weighted by atomic mass is 10.1. The molecule has 0 atom stereocenters. The van der Waals surface area contributed by atoms with Crippen LogP contribution < -0.4 is 24.3 Å². The number of nitrogens with zero attached hydrogens (tertiary/aromatic N) is 3. The molecule has 0 radical (unpaired) electrons. The van der Waals surface area contributed by atoms with Crippen LogP contribution in [0, 0.1) is 0 Å². The molecule has 29 heavy (non-hydrogen) atoms. The van der Waals surface area contributed by atoms with Crippen LogP contribution in [-0.2, 0) is 6.42 Å². The summed E-state index contributed by atoms with van der Waals surface area (Å²) in [6.45, 7) is 0. The van der Waals surface area contributed by atoms with Gasteiger partial charge < -0.3 is 14.2 Å². The van der Waals surface area contributed by atoms with E-state index < -0.39 is 0 Å². The van der Waals surface area contributed by atoms with E-state index in [1.54, 1.807) is 21.3 Å². The first-order chi connectivity index (χ1) is 14.1. The molecule has 8 heteroatoms. The Bertz CT molecular complexity index is 1240. The third kappa shape index (κ3) is 3.66. The molecular formula is C21H19N3O4S. The first-order valence-electron chi connectivity index (χ1n) is 8.87. The minimum atomic E-state index is -0.169. The van der Waals surface area contributed by atoms with Crippen LogP contribution in [0.3, 0.4) is 0 Å². The maximum absolute atomic E-state index is 12.7. The van der Waals surface area contributed by atoms with Crippen molar-refractivity contribution in [3.05, 3.63) is 74.3 Å². The predicted octanol–water partition coefficient (Wildman–Crippen LogP) is 2.32. The monoisotopic (exact) mass is 409 g/mol. The predicted molar refractivity (Wildman–Crippen MR) is 111 cm³/mol. The Balaban J connectivity index is 1.68. The summed E-state index contributed by atoms with van der Waals surface area (Å²) >= 11 is 1.32. The number of hydrogen-bond acceptors (Lipinski definition) is 7. The summed E-state index contributed by atoms with van der Waals surface area (Å²) in [7, 11) is 4.70. The minimum absolute atomic E-state index is 0.169. The first kappa shape index (κ1) is 18.9. The number of rotatable bonds is 6. The number of thiazole rings is 1. The second-order valence-corrected chi connectivity index (χ2v) is 7.27. The molecule has 0 aliphatic carbocycles. The Kier molecular flexibility index (Phi) is 5.18. The lowest BCUT2D eigenvalue weighted by Crippen LogP contribution is -2.23. The van der Waals surface area contributed by atoms with Crippen molar-refractivity contribution in [2.45, 2.75) is 6.42 Å². The molecule has 0 unspecified atom stereocenters. The molecule has 0 aliphatic rings. The van der Waals surface area contributed by atoms with Gasteiger partial charge >= 0.3 is 0 Å². The van der Waals surface area contributed by atoms with Crippen molar-refractivity contribution in [3.8, 4) is 17.2 Å².